The molecule has 274 valence electrons. The fourth-order valence-electron chi connectivity index (χ4n) is 5.17. The molecule has 0 aliphatic carbocycles. The number of nitrogens with zero attached hydrogens (tertiary/aromatic N) is 4. The molecule has 0 spiro atoms. The van der Waals surface area contributed by atoms with Crippen LogP contribution in [0.5, 0.6) is 0 Å². The number of anilines is 2. The minimum atomic E-state index is -2.96. The van der Waals surface area contributed by atoms with E-state index in [2.05, 4.69) is 20.8 Å². The second kappa shape index (κ2) is 16.3. The highest BCUT2D eigenvalue weighted by Crippen LogP contribution is 2.34. The number of benzene rings is 4. The lowest BCUT2D eigenvalue weighted by atomic mass is 10.0. The maximum atomic E-state index is 13.5. The van der Waals surface area contributed by atoms with E-state index in [9.17, 15) is 40.3 Å². The number of halogens is 9. The number of para-hydroxylation sites is 2. The summed E-state index contributed by atoms with van der Waals surface area (Å²) in [5, 5.41) is 13.2. The van der Waals surface area contributed by atoms with Gasteiger partial charge in [0.05, 0.1) is 11.1 Å². The van der Waals surface area contributed by atoms with E-state index in [0.29, 0.717) is 26.9 Å². The molecule has 6 rings (SSSR count). The molecule has 0 unspecified atom stereocenters. The predicted octanol–water partition coefficient (Wildman–Crippen LogP) is 10.3. The van der Waals surface area contributed by atoms with E-state index in [1.165, 1.54) is 43.2 Å². The van der Waals surface area contributed by atoms with E-state index >= 15 is 0 Å². The molecule has 0 atom stereocenters. The lowest BCUT2D eigenvalue weighted by Gasteiger charge is -2.12. The monoisotopic (exact) mass is 776 g/mol. The summed E-state index contributed by atoms with van der Waals surface area (Å²) < 4.78 is 94.8. The number of alkyl halides is 4. The molecule has 8 nitrogen and oxygen atoms in total. The first-order valence-electron chi connectivity index (χ1n) is 15.2. The van der Waals surface area contributed by atoms with E-state index in [1.807, 2.05) is 0 Å². The standard InChI is InChI=1S/C18H13Cl2F2N3O.C18H12F5N3O/c1-25-9-14(16(24-25)17(21)22)18(26)23-15-5-3-2-4-13(15)10-6-11(19)8-12(20)7-10;1-26-8-11(16(25-26)17(22)23)18(27)24-14-5-3-2-4-10(14)9-6-12(19)15(21)13(20)7-9/h2-9,17H,1H3,(H,23,26);2-8,17H,1H3,(H,24,27). The molecule has 6 aromatic rings. The Morgan fingerprint density at radius 2 is 1.00 bits per heavy atom. The Bertz CT molecular complexity index is 2270. The molecule has 2 heterocycles. The van der Waals surface area contributed by atoms with Crippen LogP contribution in [0.1, 0.15) is 45.0 Å². The molecule has 4 aromatic carbocycles. The van der Waals surface area contributed by atoms with Crippen molar-refractivity contribution in [3.63, 3.8) is 0 Å². The zero-order valence-electron chi connectivity index (χ0n) is 27.3. The highest BCUT2D eigenvalue weighted by atomic mass is 35.5. The second-order valence-corrected chi connectivity index (χ2v) is 12.1. The van der Waals surface area contributed by atoms with Crippen LogP contribution in [0.25, 0.3) is 22.3 Å². The van der Waals surface area contributed by atoms with Gasteiger partial charge >= 0.3 is 0 Å². The van der Waals surface area contributed by atoms with Gasteiger partial charge in [0.15, 0.2) is 17.5 Å². The number of aromatic nitrogens is 4. The van der Waals surface area contributed by atoms with Crippen LogP contribution in [0.2, 0.25) is 10.0 Å². The van der Waals surface area contributed by atoms with Crippen molar-refractivity contribution in [2.45, 2.75) is 12.9 Å². The Morgan fingerprint density at radius 3 is 1.40 bits per heavy atom. The van der Waals surface area contributed by atoms with Crippen molar-refractivity contribution in [1.82, 2.24) is 19.6 Å². The summed E-state index contributed by atoms with van der Waals surface area (Å²) in [5.41, 5.74) is 0.303. The Kier molecular flexibility index (Phi) is 11.9. The third-order valence-corrected chi connectivity index (χ3v) is 7.87. The zero-order valence-corrected chi connectivity index (χ0v) is 28.8. The van der Waals surface area contributed by atoms with Crippen LogP contribution in [0.3, 0.4) is 0 Å². The van der Waals surface area contributed by atoms with Crippen molar-refractivity contribution in [1.29, 1.82) is 0 Å². The molecule has 0 bridgehead atoms. The Morgan fingerprint density at radius 1 is 0.623 bits per heavy atom. The number of aryl methyl sites for hydroxylation is 2. The highest BCUT2D eigenvalue weighted by Gasteiger charge is 2.25. The van der Waals surface area contributed by atoms with Gasteiger partial charge in [-0.15, -0.1) is 0 Å². The van der Waals surface area contributed by atoms with Gasteiger partial charge in [-0.3, -0.25) is 19.0 Å². The third-order valence-electron chi connectivity index (χ3n) is 7.44. The Hall–Kier alpha value is -5.67. The topological polar surface area (TPSA) is 93.8 Å². The average Bonchev–Trinajstić information content (AvgIpc) is 3.70. The third kappa shape index (κ3) is 9.04. The lowest BCUT2D eigenvalue weighted by molar-refractivity contribution is 0.100. The van der Waals surface area contributed by atoms with Gasteiger partial charge < -0.3 is 10.6 Å². The molecule has 0 aliphatic rings. The molecular weight excluding hydrogens is 752 g/mol. The fraction of sp³-hybridized carbons (Fsp3) is 0.111. The number of rotatable bonds is 8. The van der Waals surface area contributed by atoms with Crippen LogP contribution < -0.4 is 10.6 Å². The molecule has 2 amide bonds. The highest BCUT2D eigenvalue weighted by molar-refractivity contribution is 6.35. The smallest absolute Gasteiger partial charge is 0.282 e. The molecular formula is C36H25Cl2F7N6O2. The Balaban J connectivity index is 0.000000204. The normalized spacial score (nSPS) is 11.0. The van der Waals surface area contributed by atoms with Crippen LogP contribution in [0.4, 0.5) is 42.1 Å². The van der Waals surface area contributed by atoms with Gasteiger partial charge in [-0.25, -0.2) is 30.7 Å². The van der Waals surface area contributed by atoms with E-state index < -0.39 is 53.5 Å². The van der Waals surface area contributed by atoms with Crippen molar-refractivity contribution in [2.75, 3.05) is 10.6 Å². The molecule has 17 heteroatoms. The SMILES string of the molecule is Cn1cc(C(=O)Nc2ccccc2-c2cc(Cl)cc(Cl)c2)c(C(F)F)n1.Cn1cc(C(=O)Nc2ccccc2-c2cc(F)c(F)c(F)c2)c(C(F)F)n1. The maximum Gasteiger partial charge on any atom is 0.282 e. The molecule has 0 saturated heterocycles. The van der Waals surface area contributed by atoms with E-state index in [1.54, 1.807) is 48.5 Å². The summed E-state index contributed by atoms with van der Waals surface area (Å²) in [6, 6.07) is 19.4. The van der Waals surface area contributed by atoms with Gasteiger partial charge in [0.2, 0.25) is 0 Å². The molecule has 2 aromatic heterocycles. The van der Waals surface area contributed by atoms with Crippen molar-refractivity contribution in [3.8, 4) is 22.3 Å². The zero-order chi connectivity index (χ0) is 38.6. The predicted molar refractivity (Wildman–Crippen MR) is 186 cm³/mol. The van der Waals surface area contributed by atoms with Crippen LogP contribution in [0, 0.1) is 17.5 Å². The van der Waals surface area contributed by atoms with Crippen LogP contribution >= 0.6 is 23.2 Å². The minimum Gasteiger partial charge on any atom is -0.321 e. The first-order valence-corrected chi connectivity index (χ1v) is 15.9. The van der Waals surface area contributed by atoms with Crippen molar-refractivity contribution < 1.29 is 40.3 Å². The summed E-state index contributed by atoms with van der Waals surface area (Å²) >= 11 is 12.1. The first kappa shape index (κ1) is 38.6. The molecule has 0 saturated carbocycles. The first-order chi connectivity index (χ1) is 25.1. The second-order valence-electron chi connectivity index (χ2n) is 11.2. The van der Waals surface area contributed by atoms with Gasteiger partial charge in [0.1, 0.15) is 11.4 Å². The van der Waals surface area contributed by atoms with Crippen molar-refractivity contribution >= 4 is 46.4 Å². The number of nitrogens with one attached hydrogen (secondary N) is 2. The van der Waals surface area contributed by atoms with Crippen LogP contribution in [-0.4, -0.2) is 31.4 Å². The largest absolute Gasteiger partial charge is 0.321 e. The molecule has 0 aliphatic heterocycles. The van der Waals surface area contributed by atoms with Gasteiger partial charge in [-0.05, 0) is 53.6 Å². The molecule has 2 N–H and O–H groups in total. The maximum absolute atomic E-state index is 13.5. The van der Waals surface area contributed by atoms with Gasteiger partial charge in [-0.1, -0.05) is 59.6 Å². The molecule has 0 fully saturated rings. The lowest BCUT2D eigenvalue weighted by Crippen LogP contribution is -2.14. The number of hydrogen-bond acceptors (Lipinski definition) is 4. The number of hydrogen-bond donors (Lipinski definition) is 2. The number of carbonyl (C=O) groups excluding carboxylic acids is 2. The van der Waals surface area contributed by atoms with Gasteiger partial charge in [0.25, 0.3) is 24.7 Å². The minimum absolute atomic E-state index is 0.0254. The van der Waals surface area contributed by atoms with Crippen LogP contribution in [0.15, 0.2) is 91.3 Å². The fourth-order valence-corrected chi connectivity index (χ4v) is 5.70. The summed E-state index contributed by atoms with van der Waals surface area (Å²) in [7, 11) is 2.87. The average molecular weight is 778 g/mol. The van der Waals surface area contributed by atoms with Crippen LogP contribution in [-0.2, 0) is 14.1 Å². The number of amides is 2. The summed E-state index contributed by atoms with van der Waals surface area (Å²) in [4.78, 5) is 24.9. The van der Waals surface area contributed by atoms with Crippen molar-refractivity contribution in [2.24, 2.45) is 14.1 Å². The summed E-state index contributed by atoms with van der Waals surface area (Å²) in [6.45, 7) is 0. The van der Waals surface area contributed by atoms with E-state index in [-0.39, 0.29) is 27.9 Å². The van der Waals surface area contributed by atoms with E-state index in [0.717, 1.165) is 23.0 Å². The van der Waals surface area contributed by atoms with E-state index in [4.69, 9.17) is 23.2 Å². The number of carbonyl (C=O) groups is 2. The van der Waals surface area contributed by atoms with Gasteiger partial charge in [-0.2, -0.15) is 10.2 Å². The molecule has 53 heavy (non-hydrogen) atoms. The molecule has 0 radical (unpaired) electrons. The quantitative estimate of drug-likeness (QED) is 0.119. The Labute approximate surface area is 306 Å². The van der Waals surface area contributed by atoms with Gasteiger partial charge in [0, 0.05) is 59.0 Å². The van der Waals surface area contributed by atoms with Crippen molar-refractivity contribution in [3.05, 3.63) is 141 Å². The summed E-state index contributed by atoms with van der Waals surface area (Å²) in [5.74, 6) is -5.93. The summed E-state index contributed by atoms with van der Waals surface area (Å²) in [6.07, 6.45) is -3.41.